The Kier molecular flexibility index (Phi) is 3.40. The zero-order valence-corrected chi connectivity index (χ0v) is 7.68. The third-order valence-electron chi connectivity index (χ3n) is 1.14. The van der Waals surface area contributed by atoms with Crippen LogP contribution in [0, 0.1) is 0 Å². The Hall–Kier alpha value is -0.530. The summed E-state index contributed by atoms with van der Waals surface area (Å²) in [6, 6.07) is 0. The van der Waals surface area contributed by atoms with E-state index >= 15 is 0 Å². The summed E-state index contributed by atoms with van der Waals surface area (Å²) in [5.41, 5.74) is 0.0590. The molecule has 0 bridgehead atoms. The Bertz CT molecular complexity index is 111. The summed E-state index contributed by atoms with van der Waals surface area (Å²) in [6.07, 6.45) is 1.89. The van der Waals surface area contributed by atoms with Gasteiger partial charge in [0.2, 0.25) is 0 Å². The SMILES string of the molecule is CCN(C)C=NC(C)(C)C. The van der Waals surface area contributed by atoms with Crippen LogP contribution in [0.25, 0.3) is 0 Å². The maximum atomic E-state index is 4.33. The standard InChI is InChI=1S/C8H18N2/c1-6-10(5)7-9-8(2,3)4/h7H,6H2,1-5H3. The van der Waals surface area contributed by atoms with Gasteiger partial charge in [0.1, 0.15) is 0 Å². The first-order chi connectivity index (χ1) is 4.45. The molecule has 0 atom stereocenters. The summed E-state index contributed by atoms with van der Waals surface area (Å²) in [7, 11) is 2.02. The van der Waals surface area contributed by atoms with Crippen LogP contribution in [-0.4, -0.2) is 30.4 Å². The average molecular weight is 142 g/mol. The molecule has 0 aliphatic carbocycles. The molecule has 0 aliphatic rings. The van der Waals surface area contributed by atoms with Crippen LogP contribution in [0.5, 0.6) is 0 Å². The van der Waals surface area contributed by atoms with Crippen LogP contribution in [0.2, 0.25) is 0 Å². The molecule has 0 aromatic rings. The second kappa shape index (κ2) is 3.59. The quantitative estimate of drug-likeness (QED) is 0.424. The van der Waals surface area contributed by atoms with Crippen LogP contribution in [0.4, 0.5) is 0 Å². The average Bonchev–Trinajstić information content (AvgIpc) is 1.81. The van der Waals surface area contributed by atoms with Crippen LogP contribution in [-0.2, 0) is 0 Å². The zero-order valence-electron chi connectivity index (χ0n) is 7.68. The third kappa shape index (κ3) is 5.60. The number of hydrogen-bond acceptors (Lipinski definition) is 1. The molecule has 2 heteroatoms. The number of rotatable bonds is 2. The monoisotopic (exact) mass is 142 g/mol. The zero-order chi connectivity index (χ0) is 8.20. The highest BCUT2D eigenvalue weighted by molar-refractivity contribution is 5.54. The van der Waals surface area contributed by atoms with E-state index in [9.17, 15) is 0 Å². The van der Waals surface area contributed by atoms with E-state index in [1.54, 1.807) is 0 Å². The Labute approximate surface area is 63.9 Å². The summed E-state index contributed by atoms with van der Waals surface area (Å²) in [5, 5.41) is 0. The van der Waals surface area contributed by atoms with E-state index < -0.39 is 0 Å². The molecule has 0 fully saturated rings. The molecule has 0 rings (SSSR count). The molecule has 0 unspecified atom stereocenters. The lowest BCUT2D eigenvalue weighted by Gasteiger charge is -2.15. The largest absolute Gasteiger partial charge is 0.366 e. The van der Waals surface area contributed by atoms with Crippen LogP contribution in [0.15, 0.2) is 4.99 Å². The normalized spacial score (nSPS) is 12.5. The minimum Gasteiger partial charge on any atom is -0.366 e. The van der Waals surface area contributed by atoms with E-state index in [1.807, 2.05) is 13.4 Å². The fourth-order valence-corrected chi connectivity index (χ4v) is 0.353. The van der Waals surface area contributed by atoms with Crippen molar-refractivity contribution in [2.45, 2.75) is 33.2 Å². The van der Waals surface area contributed by atoms with Crippen LogP contribution in [0.3, 0.4) is 0 Å². The summed E-state index contributed by atoms with van der Waals surface area (Å²) in [4.78, 5) is 6.39. The van der Waals surface area contributed by atoms with Gasteiger partial charge < -0.3 is 4.90 Å². The molecule has 0 aliphatic heterocycles. The van der Waals surface area contributed by atoms with Crippen molar-refractivity contribution >= 4 is 6.34 Å². The number of hydrogen-bond donors (Lipinski definition) is 0. The van der Waals surface area contributed by atoms with Gasteiger partial charge in [-0.05, 0) is 27.7 Å². The van der Waals surface area contributed by atoms with Gasteiger partial charge in [0, 0.05) is 13.6 Å². The molecule has 0 heterocycles. The van der Waals surface area contributed by atoms with Gasteiger partial charge in [-0.3, -0.25) is 4.99 Å². The Morgan fingerprint density at radius 3 is 2.20 bits per heavy atom. The fourth-order valence-electron chi connectivity index (χ4n) is 0.353. The summed E-state index contributed by atoms with van der Waals surface area (Å²) in [5.74, 6) is 0. The molecule has 0 saturated heterocycles. The third-order valence-corrected chi connectivity index (χ3v) is 1.14. The molecular weight excluding hydrogens is 124 g/mol. The summed E-state index contributed by atoms with van der Waals surface area (Å²) >= 11 is 0. The lowest BCUT2D eigenvalue weighted by atomic mass is 10.1. The fraction of sp³-hybridized carbons (Fsp3) is 0.875. The van der Waals surface area contributed by atoms with Crippen molar-refractivity contribution in [3.63, 3.8) is 0 Å². The topological polar surface area (TPSA) is 15.6 Å². The molecule has 0 spiro atoms. The Morgan fingerprint density at radius 2 is 1.90 bits per heavy atom. The van der Waals surface area contributed by atoms with E-state index in [0.717, 1.165) is 6.54 Å². The van der Waals surface area contributed by atoms with Gasteiger partial charge in [0.05, 0.1) is 11.9 Å². The molecule has 10 heavy (non-hydrogen) atoms. The van der Waals surface area contributed by atoms with Gasteiger partial charge >= 0.3 is 0 Å². The smallest absolute Gasteiger partial charge is 0.0853 e. The summed E-state index contributed by atoms with van der Waals surface area (Å²) < 4.78 is 0. The molecule has 0 amide bonds. The molecular formula is C8H18N2. The van der Waals surface area contributed by atoms with E-state index in [0.29, 0.717) is 0 Å². The van der Waals surface area contributed by atoms with Gasteiger partial charge in [-0.1, -0.05) is 0 Å². The predicted molar refractivity (Wildman–Crippen MR) is 46.5 cm³/mol. The van der Waals surface area contributed by atoms with Crippen molar-refractivity contribution in [1.82, 2.24) is 4.90 Å². The second-order valence-electron chi connectivity index (χ2n) is 3.49. The minimum atomic E-state index is 0.0590. The van der Waals surface area contributed by atoms with Gasteiger partial charge in [0.25, 0.3) is 0 Å². The van der Waals surface area contributed by atoms with E-state index in [2.05, 4.69) is 37.6 Å². The van der Waals surface area contributed by atoms with Crippen molar-refractivity contribution in [2.24, 2.45) is 4.99 Å². The second-order valence-corrected chi connectivity index (χ2v) is 3.49. The predicted octanol–water partition coefficient (Wildman–Crippen LogP) is 1.76. The van der Waals surface area contributed by atoms with Crippen LogP contribution >= 0.6 is 0 Å². The maximum Gasteiger partial charge on any atom is 0.0853 e. The Balaban J connectivity index is 3.75. The lowest BCUT2D eigenvalue weighted by Crippen LogP contribution is -2.19. The van der Waals surface area contributed by atoms with Crippen molar-refractivity contribution in [2.75, 3.05) is 13.6 Å². The van der Waals surface area contributed by atoms with Gasteiger partial charge in [-0.15, -0.1) is 0 Å². The van der Waals surface area contributed by atoms with E-state index in [1.165, 1.54) is 0 Å². The highest BCUT2D eigenvalue weighted by Gasteiger charge is 2.04. The summed E-state index contributed by atoms with van der Waals surface area (Å²) in [6.45, 7) is 9.39. The Morgan fingerprint density at radius 1 is 1.40 bits per heavy atom. The van der Waals surface area contributed by atoms with Gasteiger partial charge in [0.15, 0.2) is 0 Å². The van der Waals surface area contributed by atoms with Crippen molar-refractivity contribution in [3.05, 3.63) is 0 Å². The molecule has 0 aromatic carbocycles. The highest BCUT2D eigenvalue weighted by Crippen LogP contribution is 2.04. The first kappa shape index (κ1) is 9.47. The lowest BCUT2D eigenvalue weighted by molar-refractivity contribution is 0.522. The number of nitrogens with zero attached hydrogens (tertiary/aromatic N) is 2. The van der Waals surface area contributed by atoms with Gasteiger partial charge in [-0.25, -0.2) is 0 Å². The molecule has 0 radical (unpaired) electrons. The minimum absolute atomic E-state index is 0.0590. The molecule has 0 saturated carbocycles. The van der Waals surface area contributed by atoms with Gasteiger partial charge in [-0.2, -0.15) is 0 Å². The molecule has 2 nitrogen and oxygen atoms in total. The van der Waals surface area contributed by atoms with Crippen molar-refractivity contribution in [1.29, 1.82) is 0 Å². The van der Waals surface area contributed by atoms with Crippen LogP contribution < -0.4 is 0 Å². The number of aliphatic imine (C=N–C) groups is 1. The van der Waals surface area contributed by atoms with Crippen molar-refractivity contribution in [3.8, 4) is 0 Å². The van der Waals surface area contributed by atoms with E-state index in [-0.39, 0.29) is 5.54 Å². The molecule has 60 valence electrons. The van der Waals surface area contributed by atoms with Crippen molar-refractivity contribution < 1.29 is 0 Å². The highest BCUT2D eigenvalue weighted by atomic mass is 15.1. The maximum absolute atomic E-state index is 4.33. The first-order valence-electron chi connectivity index (χ1n) is 3.71. The first-order valence-corrected chi connectivity index (χ1v) is 3.71. The molecule has 0 N–H and O–H groups in total. The molecule has 0 aromatic heterocycles. The van der Waals surface area contributed by atoms with E-state index in [4.69, 9.17) is 0 Å². The van der Waals surface area contributed by atoms with Crippen LogP contribution in [0.1, 0.15) is 27.7 Å².